The third-order valence-electron chi connectivity index (χ3n) is 3.83. The lowest BCUT2D eigenvalue weighted by Crippen LogP contribution is -2.16. The Balaban J connectivity index is 1.79. The van der Waals surface area contributed by atoms with Gasteiger partial charge in [-0.05, 0) is 43.3 Å². The van der Waals surface area contributed by atoms with Crippen LogP contribution in [0.2, 0.25) is 0 Å². The summed E-state index contributed by atoms with van der Waals surface area (Å²) >= 11 is 0. The fourth-order valence-electron chi connectivity index (χ4n) is 2.46. The minimum absolute atomic E-state index is 0.191. The van der Waals surface area contributed by atoms with Gasteiger partial charge in [0.25, 0.3) is 5.91 Å². The van der Waals surface area contributed by atoms with E-state index in [0.717, 1.165) is 17.3 Å². The van der Waals surface area contributed by atoms with E-state index in [4.69, 9.17) is 0 Å². The average molecular weight is 371 g/mol. The van der Waals surface area contributed by atoms with Crippen LogP contribution in [-0.2, 0) is 6.18 Å². The molecule has 0 bridgehead atoms. The van der Waals surface area contributed by atoms with Crippen molar-refractivity contribution in [1.29, 1.82) is 0 Å². The van der Waals surface area contributed by atoms with E-state index in [9.17, 15) is 18.0 Å². The minimum atomic E-state index is -4.56. The molecule has 3 aromatic rings. The van der Waals surface area contributed by atoms with E-state index in [0.29, 0.717) is 5.82 Å². The number of amides is 1. The highest BCUT2D eigenvalue weighted by Crippen LogP contribution is 2.34. The van der Waals surface area contributed by atoms with E-state index in [-0.39, 0.29) is 11.3 Å². The number of halogens is 3. The molecule has 0 radical (unpaired) electrons. The predicted octanol–water partition coefficient (Wildman–Crippen LogP) is 5.40. The van der Waals surface area contributed by atoms with Crippen LogP contribution in [-0.4, -0.2) is 10.9 Å². The van der Waals surface area contributed by atoms with Gasteiger partial charge in [0, 0.05) is 17.4 Å². The minimum Gasteiger partial charge on any atom is -0.340 e. The second kappa shape index (κ2) is 7.49. The van der Waals surface area contributed by atoms with Gasteiger partial charge < -0.3 is 10.6 Å². The van der Waals surface area contributed by atoms with Crippen molar-refractivity contribution >= 4 is 23.1 Å². The number of carbonyl (C=O) groups excluding carboxylic acids is 1. The smallest absolute Gasteiger partial charge is 0.340 e. The molecule has 0 unspecified atom stereocenters. The summed E-state index contributed by atoms with van der Waals surface area (Å²) in [5.41, 5.74) is 0.889. The van der Waals surface area contributed by atoms with Crippen LogP contribution in [0.25, 0.3) is 0 Å². The molecule has 138 valence electrons. The molecule has 0 saturated heterocycles. The number of nitrogens with zero attached hydrogens (tertiary/aromatic N) is 1. The normalized spacial score (nSPS) is 11.1. The Morgan fingerprint density at radius 3 is 2.41 bits per heavy atom. The van der Waals surface area contributed by atoms with E-state index < -0.39 is 17.6 Å². The summed E-state index contributed by atoms with van der Waals surface area (Å²) in [6, 6.07) is 15.3. The molecular formula is C20H16F3N3O. The van der Waals surface area contributed by atoms with Crippen LogP contribution in [0.3, 0.4) is 0 Å². The lowest BCUT2D eigenvalue weighted by molar-refractivity contribution is -0.136. The molecule has 3 rings (SSSR count). The monoisotopic (exact) mass is 371 g/mol. The van der Waals surface area contributed by atoms with Gasteiger partial charge >= 0.3 is 6.18 Å². The highest BCUT2D eigenvalue weighted by molar-refractivity contribution is 6.05. The third kappa shape index (κ3) is 4.63. The molecule has 0 aliphatic carbocycles. The van der Waals surface area contributed by atoms with Gasteiger partial charge in [-0.1, -0.05) is 29.8 Å². The molecule has 0 atom stereocenters. The first-order valence-electron chi connectivity index (χ1n) is 8.10. The fraction of sp³-hybridized carbons (Fsp3) is 0.100. The van der Waals surface area contributed by atoms with Crippen molar-refractivity contribution in [2.45, 2.75) is 13.1 Å². The van der Waals surface area contributed by atoms with Gasteiger partial charge in [0.15, 0.2) is 0 Å². The van der Waals surface area contributed by atoms with Crippen molar-refractivity contribution in [3.05, 3.63) is 83.6 Å². The van der Waals surface area contributed by atoms with E-state index in [1.807, 2.05) is 31.2 Å². The Labute approximate surface area is 154 Å². The van der Waals surface area contributed by atoms with Gasteiger partial charge in [0.1, 0.15) is 5.82 Å². The Morgan fingerprint density at radius 2 is 1.70 bits per heavy atom. The van der Waals surface area contributed by atoms with Crippen LogP contribution < -0.4 is 10.6 Å². The third-order valence-corrected chi connectivity index (χ3v) is 3.83. The molecule has 1 heterocycles. The van der Waals surface area contributed by atoms with E-state index in [2.05, 4.69) is 15.6 Å². The summed E-state index contributed by atoms with van der Waals surface area (Å²) in [6.07, 6.45) is -3.14. The molecular weight excluding hydrogens is 355 g/mol. The second-order valence-electron chi connectivity index (χ2n) is 5.92. The van der Waals surface area contributed by atoms with Gasteiger partial charge in [0.2, 0.25) is 0 Å². The van der Waals surface area contributed by atoms with Crippen LogP contribution in [0.5, 0.6) is 0 Å². The number of alkyl halides is 3. The van der Waals surface area contributed by atoms with Crippen LogP contribution in [0.4, 0.5) is 30.4 Å². The number of aryl methyl sites for hydroxylation is 1. The molecule has 2 aromatic carbocycles. The Kier molecular flexibility index (Phi) is 5.12. The van der Waals surface area contributed by atoms with Crippen LogP contribution in [0.1, 0.15) is 21.5 Å². The maximum Gasteiger partial charge on any atom is 0.418 e. The fourth-order valence-corrected chi connectivity index (χ4v) is 2.46. The molecule has 2 N–H and O–H groups in total. The topological polar surface area (TPSA) is 54.0 Å². The standard InChI is InChI=1S/C20H16F3N3O/c1-13-6-8-15(9-7-13)25-18-12-14(10-11-24-18)19(27)26-17-5-3-2-4-16(17)20(21,22)23/h2-12H,1H3,(H,24,25)(H,26,27). The number of hydrogen-bond donors (Lipinski definition) is 2. The highest BCUT2D eigenvalue weighted by Gasteiger charge is 2.33. The summed E-state index contributed by atoms with van der Waals surface area (Å²) in [4.78, 5) is 16.5. The summed E-state index contributed by atoms with van der Waals surface area (Å²) in [6.45, 7) is 1.96. The molecule has 0 aliphatic rings. The average Bonchev–Trinajstić information content (AvgIpc) is 2.63. The first-order valence-corrected chi connectivity index (χ1v) is 8.10. The number of hydrogen-bond acceptors (Lipinski definition) is 3. The molecule has 1 amide bonds. The van der Waals surface area contributed by atoms with Crippen molar-refractivity contribution in [3.8, 4) is 0 Å². The van der Waals surface area contributed by atoms with Crippen molar-refractivity contribution in [1.82, 2.24) is 4.98 Å². The molecule has 1 aromatic heterocycles. The van der Waals surface area contributed by atoms with E-state index in [1.165, 1.54) is 36.5 Å². The quantitative estimate of drug-likeness (QED) is 0.645. The summed E-state index contributed by atoms with van der Waals surface area (Å²) in [5.74, 6) is -0.239. The zero-order valence-electron chi connectivity index (χ0n) is 14.3. The zero-order valence-corrected chi connectivity index (χ0v) is 14.3. The van der Waals surface area contributed by atoms with Crippen molar-refractivity contribution < 1.29 is 18.0 Å². The molecule has 0 saturated carbocycles. The van der Waals surface area contributed by atoms with Crippen molar-refractivity contribution in [3.63, 3.8) is 0 Å². The van der Waals surface area contributed by atoms with Gasteiger partial charge in [0.05, 0.1) is 11.3 Å². The van der Waals surface area contributed by atoms with Crippen LogP contribution in [0.15, 0.2) is 66.9 Å². The number of nitrogens with one attached hydrogen (secondary N) is 2. The van der Waals surface area contributed by atoms with Gasteiger partial charge in [-0.3, -0.25) is 4.79 Å². The number of para-hydroxylation sites is 1. The molecule has 0 fully saturated rings. The highest BCUT2D eigenvalue weighted by atomic mass is 19.4. The summed E-state index contributed by atoms with van der Waals surface area (Å²) in [5, 5.41) is 5.37. The zero-order chi connectivity index (χ0) is 19.4. The number of pyridine rings is 1. The van der Waals surface area contributed by atoms with Crippen molar-refractivity contribution in [2.75, 3.05) is 10.6 Å². The maximum absolute atomic E-state index is 13.1. The lowest BCUT2D eigenvalue weighted by atomic mass is 10.1. The maximum atomic E-state index is 13.1. The predicted molar refractivity (Wildman–Crippen MR) is 98.1 cm³/mol. The molecule has 0 aliphatic heterocycles. The number of rotatable bonds is 4. The summed E-state index contributed by atoms with van der Waals surface area (Å²) < 4.78 is 39.2. The number of benzene rings is 2. The Hall–Kier alpha value is -3.35. The van der Waals surface area contributed by atoms with E-state index in [1.54, 1.807) is 0 Å². The van der Waals surface area contributed by atoms with Gasteiger partial charge in [-0.25, -0.2) is 4.98 Å². The largest absolute Gasteiger partial charge is 0.418 e. The van der Waals surface area contributed by atoms with Crippen LogP contribution in [0, 0.1) is 6.92 Å². The number of aromatic nitrogens is 1. The second-order valence-corrected chi connectivity index (χ2v) is 5.92. The molecule has 7 heteroatoms. The molecule has 0 spiro atoms. The summed E-state index contributed by atoms with van der Waals surface area (Å²) in [7, 11) is 0. The van der Waals surface area contributed by atoms with Gasteiger partial charge in [-0.15, -0.1) is 0 Å². The van der Waals surface area contributed by atoms with Crippen molar-refractivity contribution in [2.24, 2.45) is 0 Å². The first-order chi connectivity index (χ1) is 12.8. The Morgan fingerprint density at radius 1 is 1.00 bits per heavy atom. The molecule has 4 nitrogen and oxygen atoms in total. The molecule has 27 heavy (non-hydrogen) atoms. The SMILES string of the molecule is Cc1ccc(Nc2cc(C(=O)Nc3ccccc3C(F)(F)F)ccn2)cc1. The Bertz CT molecular complexity index is 953. The van der Waals surface area contributed by atoms with Crippen LogP contribution >= 0.6 is 0 Å². The number of carbonyl (C=O) groups is 1. The number of anilines is 3. The lowest BCUT2D eigenvalue weighted by Gasteiger charge is -2.14. The first kappa shape index (κ1) is 18.4. The van der Waals surface area contributed by atoms with Gasteiger partial charge in [-0.2, -0.15) is 13.2 Å². The van der Waals surface area contributed by atoms with E-state index >= 15 is 0 Å².